The molecule has 0 spiro atoms. The van der Waals surface area contributed by atoms with Gasteiger partial charge in [0.1, 0.15) is 0 Å². The molecule has 0 bridgehead atoms. The van der Waals surface area contributed by atoms with Crippen LogP contribution < -0.4 is 0 Å². The molecule has 2 aromatic carbocycles. The van der Waals surface area contributed by atoms with E-state index in [1.54, 1.807) is 0 Å². The molecule has 0 amide bonds. The van der Waals surface area contributed by atoms with Gasteiger partial charge in [-0.3, -0.25) is 4.98 Å². The molecule has 3 heterocycles. The molecule has 1 aliphatic carbocycles. The number of hydrogen-bond acceptors (Lipinski definition) is 1. The molecular formula is C45H43N3. The Kier molecular flexibility index (Phi) is 9.40. The standard InChI is InChI=1S/C45H43N3/c1-8-19-40-38(13-6)45-43(26-18-27-46-45)48(40)37(12-5)30-33(10-3)35-22-17-21-34(28-35)32(9-2)29-36(11-4)47-41-24-15-14-23-39(41)44-31(7)20-16-25-42(44)47/h8-19,21-31H,2,5-6,20H2,1,3-4,7H3/b19-8-,32-29+,33-10+,36-11+,37-30+. The van der Waals surface area contributed by atoms with Crippen molar-refractivity contribution in [2.45, 2.75) is 40.0 Å². The largest absolute Gasteiger partial charge is 0.310 e. The predicted molar refractivity (Wildman–Crippen MR) is 211 cm³/mol. The minimum absolute atomic E-state index is 0.472. The van der Waals surface area contributed by atoms with Crippen LogP contribution in [0.4, 0.5) is 0 Å². The first kappa shape index (κ1) is 32.3. The molecular weight excluding hydrogens is 583 g/mol. The number of rotatable bonds is 10. The molecule has 1 aliphatic rings. The minimum Gasteiger partial charge on any atom is -0.310 e. The average molecular weight is 626 g/mol. The molecule has 6 rings (SSSR count). The third-order valence-electron chi connectivity index (χ3n) is 9.23. The predicted octanol–water partition coefficient (Wildman–Crippen LogP) is 12.4. The van der Waals surface area contributed by atoms with Crippen LogP contribution in [0.15, 0.2) is 135 Å². The zero-order valence-electron chi connectivity index (χ0n) is 28.4. The maximum atomic E-state index is 4.70. The van der Waals surface area contributed by atoms with Gasteiger partial charge in [0.25, 0.3) is 0 Å². The average Bonchev–Trinajstić information content (AvgIpc) is 3.63. The number of fused-ring (bicyclic) bond motifs is 4. The van der Waals surface area contributed by atoms with E-state index in [0.29, 0.717) is 5.92 Å². The zero-order chi connectivity index (χ0) is 33.8. The number of nitrogens with zero attached hydrogens (tertiary/aromatic N) is 3. The third kappa shape index (κ3) is 5.62. The zero-order valence-corrected chi connectivity index (χ0v) is 28.4. The molecule has 0 saturated carbocycles. The van der Waals surface area contributed by atoms with Gasteiger partial charge in [0.05, 0.1) is 22.2 Å². The summed E-state index contributed by atoms with van der Waals surface area (Å²) in [6, 6.07) is 21.5. The first-order chi connectivity index (χ1) is 23.5. The van der Waals surface area contributed by atoms with Crippen LogP contribution in [0.1, 0.15) is 73.7 Å². The number of aromatic nitrogens is 3. The van der Waals surface area contributed by atoms with E-state index in [4.69, 9.17) is 4.98 Å². The highest BCUT2D eigenvalue weighted by Crippen LogP contribution is 2.40. The van der Waals surface area contributed by atoms with Gasteiger partial charge in [-0.2, -0.15) is 0 Å². The first-order valence-electron chi connectivity index (χ1n) is 16.7. The lowest BCUT2D eigenvalue weighted by Crippen LogP contribution is -2.03. The molecule has 48 heavy (non-hydrogen) atoms. The number of pyridine rings is 1. The van der Waals surface area contributed by atoms with Gasteiger partial charge in [-0.05, 0) is 116 Å². The number of para-hydroxylation sites is 1. The summed E-state index contributed by atoms with van der Waals surface area (Å²) in [7, 11) is 0. The van der Waals surface area contributed by atoms with Crippen LogP contribution in [-0.2, 0) is 0 Å². The fourth-order valence-electron chi connectivity index (χ4n) is 6.99. The van der Waals surface area contributed by atoms with Gasteiger partial charge in [0.2, 0.25) is 0 Å². The summed E-state index contributed by atoms with van der Waals surface area (Å²) in [6.45, 7) is 21.1. The van der Waals surface area contributed by atoms with Crippen molar-refractivity contribution < 1.29 is 0 Å². The second-order valence-corrected chi connectivity index (χ2v) is 12.0. The Hall–Kier alpha value is -5.67. The lowest BCUT2D eigenvalue weighted by molar-refractivity contribution is 0.774. The van der Waals surface area contributed by atoms with Gasteiger partial charge in [-0.25, -0.2) is 0 Å². The first-order valence-corrected chi connectivity index (χ1v) is 16.7. The Morgan fingerprint density at radius 3 is 2.29 bits per heavy atom. The van der Waals surface area contributed by atoms with Crippen molar-refractivity contribution in [2.75, 3.05) is 0 Å². The number of benzene rings is 2. The van der Waals surface area contributed by atoms with E-state index in [2.05, 4.69) is 147 Å². The van der Waals surface area contributed by atoms with Crippen LogP contribution in [0.3, 0.4) is 0 Å². The van der Waals surface area contributed by atoms with Crippen molar-refractivity contribution in [2.24, 2.45) is 0 Å². The van der Waals surface area contributed by atoms with E-state index in [1.165, 1.54) is 22.2 Å². The molecule has 5 aromatic rings. The lowest BCUT2D eigenvalue weighted by atomic mass is 9.91. The Morgan fingerprint density at radius 2 is 1.58 bits per heavy atom. The second kappa shape index (κ2) is 14.0. The second-order valence-electron chi connectivity index (χ2n) is 12.0. The van der Waals surface area contributed by atoms with Crippen LogP contribution in [-0.4, -0.2) is 14.1 Å². The molecule has 1 unspecified atom stereocenters. The van der Waals surface area contributed by atoms with Crippen molar-refractivity contribution in [1.29, 1.82) is 0 Å². The van der Waals surface area contributed by atoms with E-state index >= 15 is 0 Å². The summed E-state index contributed by atoms with van der Waals surface area (Å²) in [6.07, 6.45) is 26.2. The molecule has 238 valence electrons. The normalized spacial score (nSPS) is 15.8. The van der Waals surface area contributed by atoms with Crippen molar-refractivity contribution in [1.82, 2.24) is 14.1 Å². The molecule has 0 radical (unpaired) electrons. The summed E-state index contributed by atoms with van der Waals surface area (Å²) >= 11 is 0. The number of hydrogen-bond donors (Lipinski definition) is 0. The van der Waals surface area contributed by atoms with Crippen molar-refractivity contribution in [3.05, 3.63) is 169 Å². The topological polar surface area (TPSA) is 22.8 Å². The van der Waals surface area contributed by atoms with E-state index in [1.807, 2.05) is 43.5 Å². The van der Waals surface area contributed by atoms with Gasteiger partial charge in [0, 0.05) is 34.2 Å². The summed E-state index contributed by atoms with van der Waals surface area (Å²) in [4.78, 5) is 4.70. The smallest absolute Gasteiger partial charge is 0.0963 e. The Morgan fingerprint density at radius 1 is 0.812 bits per heavy atom. The Balaban J connectivity index is 1.44. The van der Waals surface area contributed by atoms with Crippen LogP contribution in [0.2, 0.25) is 0 Å². The van der Waals surface area contributed by atoms with Crippen molar-refractivity contribution >= 4 is 62.7 Å². The van der Waals surface area contributed by atoms with E-state index in [9.17, 15) is 0 Å². The minimum atomic E-state index is 0.472. The highest BCUT2D eigenvalue weighted by Gasteiger charge is 2.23. The van der Waals surface area contributed by atoms with Gasteiger partial charge in [-0.1, -0.05) is 99.5 Å². The maximum absolute atomic E-state index is 4.70. The quantitative estimate of drug-likeness (QED) is 0.142. The summed E-state index contributed by atoms with van der Waals surface area (Å²) in [5.74, 6) is 0.472. The summed E-state index contributed by atoms with van der Waals surface area (Å²) in [5, 5.41) is 1.32. The van der Waals surface area contributed by atoms with Gasteiger partial charge < -0.3 is 9.13 Å². The van der Waals surface area contributed by atoms with Gasteiger partial charge in [-0.15, -0.1) is 0 Å². The molecule has 0 aliphatic heterocycles. The molecule has 1 atom stereocenters. The van der Waals surface area contributed by atoms with Crippen LogP contribution in [0.5, 0.6) is 0 Å². The fourth-order valence-corrected chi connectivity index (χ4v) is 6.99. The van der Waals surface area contributed by atoms with E-state index in [0.717, 1.165) is 62.4 Å². The van der Waals surface area contributed by atoms with Gasteiger partial charge in [0.15, 0.2) is 0 Å². The maximum Gasteiger partial charge on any atom is 0.0963 e. The molecule has 3 nitrogen and oxygen atoms in total. The van der Waals surface area contributed by atoms with Crippen LogP contribution in [0, 0.1) is 0 Å². The van der Waals surface area contributed by atoms with Crippen LogP contribution in [0.25, 0.3) is 62.7 Å². The summed E-state index contributed by atoms with van der Waals surface area (Å²) in [5.41, 5.74) is 14.3. The third-order valence-corrected chi connectivity index (χ3v) is 9.23. The van der Waals surface area contributed by atoms with E-state index in [-0.39, 0.29) is 0 Å². The fraction of sp³-hybridized carbons (Fsp3) is 0.133. The van der Waals surface area contributed by atoms with Gasteiger partial charge >= 0.3 is 0 Å². The molecule has 0 fully saturated rings. The van der Waals surface area contributed by atoms with Crippen LogP contribution >= 0.6 is 0 Å². The Labute approximate surface area is 285 Å². The highest BCUT2D eigenvalue weighted by molar-refractivity contribution is 5.97. The SMILES string of the molecule is C=C/C(=C\C(=C/C)n1c2c(c3ccccc31)C(C)CC=C2)c1cccc(C(=C/C)/C=C(\C=C)n2c(/C=C\C)c(C=C)c3ncccc32)c1. The summed E-state index contributed by atoms with van der Waals surface area (Å²) < 4.78 is 4.61. The molecule has 0 saturated heterocycles. The van der Waals surface area contributed by atoms with E-state index < -0.39 is 0 Å². The highest BCUT2D eigenvalue weighted by atomic mass is 15.0. The molecule has 0 N–H and O–H groups in total. The molecule has 3 heteroatoms. The van der Waals surface area contributed by atoms with Crippen molar-refractivity contribution in [3.63, 3.8) is 0 Å². The monoisotopic (exact) mass is 625 g/mol. The molecule has 3 aromatic heterocycles. The van der Waals surface area contributed by atoms with Crippen molar-refractivity contribution in [3.8, 4) is 0 Å². The number of allylic oxidation sites excluding steroid dienone is 12. The Bertz CT molecular complexity index is 2250. The lowest BCUT2D eigenvalue weighted by Gasteiger charge is -2.18.